The molecular formula is C25H44IN5O2. The fourth-order valence-corrected chi connectivity index (χ4v) is 4.65. The molecule has 0 spiro atoms. The summed E-state index contributed by atoms with van der Waals surface area (Å²) in [5, 5.41) is 7.11. The van der Waals surface area contributed by atoms with E-state index in [0.29, 0.717) is 6.04 Å². The van der Waals surface area contributed by atoms with Crippen molar-refractivity contribution < 1.29 is 9.47 Å². The second-order valence-electron chi connectivity index (χ2n) is 9.32. The molecule has 1 aromatic carbocycles. The highest BCUT2D eigenvalue weighted by Crippen LogP contribution is 2.24. The monoisotopic (exact) mass is 573 g/mol. The quantitative estimate of drug-likeness (QED) is 0.193. The van der Waals surface area contributed by atoms with Crippen LogP contribution in [0.3, 0.4) is 0 Å². The number of likely N-dealkylation sites (tertiary alicyclic amines) is 2. The highest BCUT2D eigenvalue weighted by molar-refractivity contribution is 14.0. The first-order valence-corrected chi connectivity index (χ1v) is 12.2. The average molecular weight is 574 g/mol. The van der Waals surface area contributed by atoms with Crippen LogP contribution in [-0.4, -0.2) is 82.3 Å². The number of guanidine groups is 1. The van der Waals surface area contributed by atoms with Crippen molar-refractivity contribution >= 4 is 29.9 Å². The molecule has 1 atom stereocenters. The number of methoxy groups -OCH3 is 2. The first-order valence-electron chi connectivity index (χ1n) is 12.2. The van der Waals surface area contributed by atoms with Crippen LogP contribution >= 0.6 is 24.0 Å². The third kappa shape index (κ3) is 9.48. The second-order valence-corrected chi connectivity index (χ2v) is 9.32. The number of ether oxygens (including phenoxy) is 2. The molecule has 0 bridgehead atoms. The molecule has 2 saturated heterocycles. The Morgan fingerprint density at radius 1 is 1.00 bits per heavy atom. The predicted octanol–water partition coefficient (Wildman–Crippen LogP) is 3.57. The van der Waals surface area contributed by atoms with Crippen molar-refractivity contribution in [3.63, 3.8) is 0 Å². The molecule has 3 rings (SSSR count). The van der Waals surface area contributed by atoms with Gasteiger partial charge in [-0.3, -0.25) is 9.89 Å². The van der Waals surface area contributed by atoms with Crippen LogP contribution in [0, 0.1) is 5.92 Å². The second kappa shape index (κ2) is 14.9. The molecule has 33 heavy (non-hydrogen) atoms. The SMILES string of the molecule is CN=C(NCCCCN1CCC(C)CC1)NC1CCN(Cc2cc(OC)cc(OC)c2)C1.I. The lowest BCUT2D eigenvalue weighted by Gasteiger charge is -2.30. The summed E-state index contributed by atoms with van der Waals surface area (Å²) in [7, 11) is 5.25. The molecule has 1 aromatic rings. The summed E-state index contributed by atoms with van der Waals surface area (Å²) >= 11 is 0. The molecule has 2 aliphatic rings. The van der Waals surface area contributed by atoms with Gasteiger partial charge in [-0.25, -0.2) is 0 Å². The number of hydrogen-bond acceptors (Lipinski definition) is 5. The zero-order valence-corrected chi connectivity index (χ0v) is 23.3. The van der Waals surface area contributed by atoms with Crippen molar-refractivity contribution in [1.29, 1.82) is 0 Å². The van der Waals surface area contributed by atoms with Crippen LogP contribution < -0.4 is 20.1 Å². The minimum Gasteiger partial charge on any atom is -0.497 e. The molecule has 188 valence electrons. The van der Waals surface area contributed by atoms with Crippen LogP contribution in [0.4, 0.5) is 0 Å². The van der Waals surface area contributed by atoms with Crippen LogP contribution in [-0.2, 0) is 6.54 Å². The maximum atomic E-state index is 5.41. The van der Waals surface area contributed by atoms with E-state index in [9.17, 15) is 0 Å². The van der Waals surface area contributed by atoms with Crippen molar-refractivity contribution in [2.75, 3.05) is 60.5 Å². The van der Waals surface area contributed by atoms with Crippen LogP contribution in [0.5, 0.6) is 11.5 Å². The number of nitrogens with zero attached hydrogens (tertiary/aromatic N) is 3. The summed E-state index contributed by atoms with van der Waals surface area (Å²) in [6.45, 7) is 10.1. The molecule has 2 fully saturated rings. The van der Waals surface area contributed by atoms with Gasteiger partial charge in [-0.15, -0.1) is 24.0 Å². The number of halogens is 1. The zero-order chi connectivity index (χ0) is 22.8. The summed E-state index contributed by atoms with van der Waals surface area (Å²) in [5.41, 5.74) is 1.22. The number of aliphatic imine (C=N–C) groups is 1. The Kier molecular flexibility index (Phi) is 12.6. The maximum absolute atomic E-state index is 5.41. The Hall–Kier alpha value is -1.26. The summed E-state index contributed by atoms with van der Waals surface area (Å²) in [5.74, 6) is 3.51. The van der Waals surface area contributed by atoms with Gasteiger partial charge in [0.25, 0.3) is 0 Å². The van der Waals surface area contributed by atoms with Crippen LogP contribution in [0.15, 0.2) is 23.2 Å². The standard InChI is InChI=1S/C25H43N5O2.HI/c1-20-7-12-29(13-8-20)11-6-5-10-27-25(26-2)28-22-9-14-30(19-22)18-21-15-23(31-3)17-24(16-21)32-4;/h15-17,20,22H,5-14,18-19H2,1-4H3,(H2,26,27,28);1H. The van der Waals surface area contributed by atoms with Crippen molar-refractivity contribution in [1.82, 2.24) is 20.4 Å². The number of rotatable bonds is 10. The fourth-order valence-electron chi connectivity index (χ4n) is 4.65. The highest BCUT2D eigenvalue weighted by atomic mass is 127. The van der Waals surface area contributed by atoms with E-state index < -0.39 is 0 Å². The van der Waals surface area contributed by atoms with Gasteiger partial charge >= 0.3 is 0 Å². The minimum atomic E-state index is 0. The lowest BCUT2D eigenvalue weighted by atomic mass is 9.99. The van der Waals surface area contributed by atoms with E-state index in [4.69, 9.17) is 9.47 Å². The summed E-state index contributed by atoms with van der Waals surface area (Å²) in [6, 6.07) is 6.52. The predicted molar refractivity (Wildman–Crippen MR) is 147 cm³/mol. The Morgan fingerprint density at radius 2 is 1.67 bits per heavy atom. The van der Waals surface area contributed by atoms with Crippen molar-refractivity contribution in [2.24, 2.45) is 10.9 Å². The third-order valence-electron chi connectivity index (χ3n) is 6.72. The van der Waals surface area contributed by atoms with Crippen LogP contribution in [0.1, 0.15) is 44.6 Å². The molecule has 0 aromatic heterocycles. The van der Waals surface area contributed by atoms with Gasteiger partial charge in [0.05, 0.1) is 14.2 Å². The van der Waals surface area contributed by atoms with E-state index in [0.717, 1.165) is 56.0 Å². The first kappa shape index (κ1) is 28.0. The van der Waals surface area contributed by atoms with Crippen LogP contribution in [0.2, 0.25) is 0 Å². The zero-order valence-electron chi connectivity index (χ0n) is 20.9. The lowest BCUT2D eigenvalue weighted by molar-refractivity contribution is 0.189. The van der Waals surface area contributed by atoms with Gasteiger partial charge in [0.15, 0.2) is 5.96 Å². The van der Waals surface area contributed by atoms with Gasteiger partial charge in [0.2, 0.25) is 0 Å². The Bertz CT molecular complexity index is 702. The Balaban J connectivity index is 0.00000385. The van der Waals surface area contributed by atoms with Gasteiger partial charge in [-0.05, 0) is 75.4 Å². The highest BCUT2D eigenvalue weighted by Gasteiger charge is 2.23. The van der Waals surface area contributed by atoms with Crippen molar-refractivity contribution in [2.45, 2.75) is 51.6 Å². The average Bonchev–Trinajstić information content (AvgIpc) is 3.25. The van der Waals surface area contributed by atoms with E-state index in [1.165, 1.54) is 50.9 Å². The molecule has 0 aliphatic carbocycles. The topological polar surface area (TPSA) is 61.4 Å². The number of benzene rings is 1. The molecular weight excluding hydrogens is 529 g/mol. The Morgan fingerprint density at radius 3 is 2.30 bits per heavy atom. The third-order valence-corrected chi connectivity index (χ3v) is 6.72. The molecule has 7 nitrogen and oxygen atoms in total. The van der Waals surface area contributed by atoms with Gasteiger partial charge in [0, 0.05) is 45.3 Å². The van der Waals surface area contributed by atoms with Gasteiger partial charge in [0.1, 0.15) is 11.5 Å². The first-order chi connectivity index (χ1) is 15.6. The van der Waals surface area contributed by atoms with E-state index in [2.05, 4.69) is 44.5 Å². The van der Waals surface area contributed by atoms with Gasteiger partial charge < -0.3 is 25.0 Å². The molecule has 1 unspecified atom stereocenters. The van der Waals surface area contributed by atoms with Crippen molar-refractivity contribution in [3.8, 4) is 11.5 Å². The number of piperidine rings is 1. The van der Waals surface area contributed by atoms with Crippen molar-refractivity contribution in [3.05, 3.63) is 23.8 Å². The molecule has 2 heterocycles. The minimum absolute atomic E-state index is 0. The van der Waals surface area contributed by atoms with Crippen LogP contribution in [0.25, 0.3) is 0 Å². The van der Waals surface area contributed by atoms with E-state index >= 15 is 0 Å². The molecule has 2 N–H and O–H groups in total. The van der Waals surface area contributed by atoms with E-state index in [1.54, 1.807) is 14.2 Å². The molecule has 0 amide bonds. The van der Waals surface area contributed by atoms with E-state index in [-0.39, 0.29) is 24.0 Å². The number of nitrogens with one attached hydrogen (secondary N) is 2. The molecule has 8 heteroatoms. The van der Waals surface area contributed by atoms with Gasteiger partial charge in [-0.1, -0.05) is 6.92 Å². The number of unbranched alkanes of at least 4 members (excludes halogenated alkanes) is 1. The summed E-state index contributed by atoms with van der Waals surface area (Å²) in [6.07, 6.45) is 6.27. The van der Waals surface area contributed by atoms with E-state index in [1.807, 2.05) is 13.1 Å². The molecule has 0 radical (unpaired) electrons. The molecule has 0 saturated carbocycles. The smallest absolute Gasteiger partial charge is 0.191 e. The fraction of sp³-hybridized carbons (Fsp3) is 0.720. The van der Waals surface area contributed by atoms with Gasteiger partial charge in [-0.2, -0.15) is 0 Å². The Labute approximate surface area is 217 Å². The normalized spacial score (nSPS) is 20.4. The summed E-state index contributed by atoms with van der Waals surface area (Å²) in [4.78, 5) is 9.53. The maximum Gasteiger partial charge on any atom is 0.191 e. The molecule has 2 aliphatic heterocycles. The number of hydrogen-bond donors (Lipinski definition) is 2. The lowest BCUT2D eigenvalue weighted by Crippen LogP contribution is -2.44. The summed E-state index contributed by atoms with van der Waals surface area (Å²) < 4.78 is 10.8. The largest absolute Gasteiger partial charge is 0.497 e.